The number of carboxylic acid groups (broad SMARTS) is 1. The summed E-state index contributed by atoms with van der Waals surface area (Å²) in [4.78, 5) is 26.2. The van der Waals surface area contributed by atoms with Crippen LogP contribution in [0.1, 0.15) is 61.7 Å². The number of anilines is 1. The van der Waals surface area contributed by atoms with Gasteiger partial charge in [0, 0.05) is 22.0 Å². The SMILES string of the molecule is Cc1ccc(NC(=O)C(C#N)=Cc2cc(C)n(-c3sc4c(c3C(=O)O)CCCC4)c2C)c(C)c1. The van der Waals surface area contributed by atoms with E-state index in [1.165, 1.54) is 11.3 Å². The fourth-order valence-corrected chi connectivity index (χ4v) is 6.12. The Balaban J connectivity index is 1.72. The van der Waals surface area contributed by atoms with Gasteiger partial charge in [-0.15, -0.1) is 11.3 Å². The number of hydrogen-bond acceptors (Lipinski definition) is 4. The zero-order valence-electron chi connectivity index (χ0n) is 19.8. The molecule has 2 heterocycles. The maximum atomic E-state index is 12.8. The molecule has 6 nitrogen and oxygen atoms in total. The molecule has 1 aromatic carbocycles. The number of amides is 1. The maximum Gasteiger partial charge on any atom is 0.339 e. The average Bonchev–Trinajstić information content (AvgIpc) is 3.30. The molecule has 3 aromatic rings. The van der Waals surface area contributed by atoms with Crippen LogP contribution in [-0.2, 0) is 17.6 Å². The lowest BCUT2D eigenvalue weighted by Gasteiger charge is -2.11. The van der Waals surface area contributed by atoms with Crippen LogP contribution in [-0.4, -0.2) is 21.6 Å². The summed E-state index contributed by atoms with van der Waals surface area (Å²) in [6.45, 7) is 7.69. The monoisotopic (exact) mass is 473 g/mol. The van der Waals surface area contributed by atoms with Crippen LogP contribution in [0.4, 0.5) is 5.69 Å². The summed E-state index contributed by atoms with van der Waals surface area (Å²) in [5.74, 6) is -1.39. The van der Waals surface area contributed by atoms with Crippen LogP contribution >= 0.6 is 11.3 Å². The third kappa shape index (κ3) is 4.29. The maximum absolute atomic E-state index is 12.8. The number of carbonyl (C=O) groups excluding carboxylic acids is 1. The number of rotatable bonds is 5. The van der Waals surface area contributed by atoms with Gasteiger partial charge in [0.05, 0.1) is 5.56 Å². The first-order valence-electron chi connectivity index (χ1n) is 11.3. The number of carbonyl (C=O) groups is 2. The summed E-state index contributed by atoms with van der Waals surface area (Å²) in [5.41, 5.74) is 6.37. The molecule has 0 fully saturated rings. The van der Waals surface area contributed by atoms with Crippen LogP contribution in [0.25, 0.3) is 11.1 Å². The van der Waals surface area contributed by atoms with Crippen LogP contribution in [0.2, 0.25) is 0 Å². The van der Waals surface area contributed by atoms with Crippen molar-refractivity contribution in [2.24, 2.45) is 0 Å². The Bertz CT molecular complexity index is 1380. The molecule has 34 heavy (non-hydrogen) atoms. The summed E-state index contributed by atoms with van der Waals surface area (Å²) in [7, 11) is 0. The van der Waals surface area contributed by atoms with Gasteiger partial charge in [-0.3, -0.25) is 4.79 Å². The molecule has 1 aliphatic rings. The zero-order valence-corrected chi connectivity index (χ0v) is 20.6. The highest BCUT2D eigenvalue weighted by molar-refractivity contribution is 7.15. The molecule has 1 amide bonds. The number of aromatic carboxylic acids is 1. The largest absolute Gasteiger partial charge is 0.478 e. The molecular formula is C27H27N3O3S. The van der Waals surface area contributed by atoms with Gasteiger partial charge in [-0.05, 0) is 88.3 Å². The first-order valence-corrected chi connectivity index (χ1v) is 12.1. The van der Waals surface area contributed by atoms with Gasteiger partial charge in [0.25, 0.3) is 5.91 Å². The Labute approximate surface area is 203 Å². The Morgan fingerprint density at radius 2 is 1.88 bits per heavy atom. The molecule has 0 saturated carbocycles. The Morgan fingerprint density at radius 1 is 1.15 bits per heavy atom. The van der Waals surface area contributed by atoms with Crippen molar-refractivity contribution in [3.63, 3.8) is 0 Å². The predicted molar refractivity (Wildman–Crippen MR) is 135 cm³/mol. The topological polar surface area (TPSA) is 95.1 Å². The quantitative estimate of drug-likeness (QED) is 0.356. The number of benzene rings is 1. The summed E-state index contributed by atoms with van der Waals surface area (Å²) in [5, 5.41) is 23.2. The van der Waals surface area contributed by atoms with Crippen LogP contribution in [0.3, 0.4) is 0 Å². The standard InChI is InChI=1S/C27H27N3O3S/c1-15-9-10-22(16(2)11-15)29-25(31)20(14-28)13-19-12-17(3)30(18(19)4)26-24(27(32)33)21-7-5-6-8-23(21)34-26/h9-13H,5-8H2,1-4H3,(H,29,31)(H,32,33). The number of thiophene rings is 1. The van der Waals surface area contributed by atoms with E-state index in [-0.39, 0.29) is 5.57 Å². The molecule has 0 atom stereocenters. The van der Waals surface area contributed by atoms with E-state index >= 15 is 0 Å². The van der Waals surface area contributed by atoms with Gasteiger partial charge in [-0.25, -0.2) is 4.79 Å². The summed E-state index contributed by atoms with van der Waals surface area (Å²) < 4.78 is 1.94. The summed E-state index contributed by atoms with van der Waals surface area (Å²) in [6.07, 6.45) is 5.35. The summed E-state index contributed by atoms with van der Waals surface area (Å²) >= 11 is 1.54. The van der Waals surface area contributed by atoms with E-state index in [0.717, 1.165) is 58.6 Å². The molecule has 2 N–H and O–H groups in total. The van der Waals surface area contributed by atoms with Gasteiger partial charge in [-0.2, -0.15) is 5.26 Å². The lowest BCUT2D eigenvalue weighted by atomic mass is 9.95. The molecule has 0 bridgehead atoms. The Kier molecular flexibility index (Phi) is 6.45. The highest BCUT2D eigenvalue weighted by Crippen LogP contribution is 2.39. The minimum absolute atomic E-state index is 0.0100. The molecule has 0 saturated heterocycles. The normalized spacial score (nSPS) is 13.3. The van der Waals surface area contributed by atoms with Crippen molar-refractivity contribution in [3.05, 3.63) is 73.9 Å². The molecule has 0 radical (unpaired) electrons. The number of carboxylic acids is 1. The first-order chi connectivity index (χ1) is 16.2. The predicted octanol–water partition coefficient (Wildman–Crippen LogP) is 5.90. The fraction of sp³-hybridized carbons (Fsp3) is 0.296. The average molecular weight is 474 g/mol. The van der Waals surface area contributed by atoms with Crippen molar-refractivity contribution in [2.75, 3.05) is 5.32 Å². The van der Waals surface area contributed by atoms with E-state index in [1.807, 2.05) is 62.6 Å². The molecule has 174 valence electrons. The van der Waals surface area contributed by atoms with Crippen molar-refractivity contribution in [2.45, 2.75) is 53.4 Å². The second-order valence-electron chi connectivity index (χ2n) is 8.80. The van der Waals surface area contributed by atoms with Gasteiger partial charge in [0.2, 0.25) is 0 Å². The van der Waals surface area contributed by atoms with E-state index in [0.29, 0.717) is 21.8 Å². The first kappa shape index (κ1) is 23.5. The number of fused-ring (bicyclic) bond motifs is 1. The van der Waals surface area contributed by atoms with E-state index in [1.54, 1.807) is 6.08 Å². The smallest absolute Gasteiger partial charge is 0.339 e. The van der Waals surface area contributed by atoms with Gasteiger partial charge < -0.3 is 15.0 Å². The van der Waals surface area contributed by atoms with Crippen LogP contribution in [0, 0.1) is 39.0 Å². The second kappa shape index (κ2) is 9.32. The molecule has 0 aliphatic heterocycles. The van der Waals surface area contributed by atoms with Crippen molar-refractivity contribution in [1.29, 1.82) is 5.26 Å². The number of nitriles is 1. The van der Waals surface area contributed by atoms with Crippen molar-refractivity contribution < 1.29 is 14.7 Å². The number of nitrogens with zero attached hydrogens (tertiary/aromatic N) is 2. The molecule has 0 spiro atoms. The summed E-state index contributed by atoms with van der Waals surface area (Å²) in [6, 6.07) is 9.62. The van der Waals surface area contributed by atoms with E-state index in [9.17, 15) is 20.0 Å². The lowest BCUT2D eigenvalue weighted by molar-refractivity contribution is -0.112. The Hall–Kier alpha value is -3.63. The molecular weight excluding hydrogens is 446 g/mol. The zero-order chi connectivity index (χ0) is 24.6. The van der Waals surface area contributed by atoms with Gasteiger partial charge in [-0.1, -0.05) is 17.7 Å². The molecule has 1 aliphatic carbocycles. The highest BCUT2D eigenvalue weighted by Gasteiger charge is 2.27. The molecule has 0 unspecified atom stereocenters. The number of aromatic nitrogens is 1. The van der Waals surface area contributed by atoms with E-state index in [2.05, 4.69) is 5.32 Å². The van der Waals surface area contributed by atoms with Crippen molar-refractivity contribution in [3.8, 4) is 11.1 Å². The molecule has 2 aromatic heterocycles. The van der Waals surface area contributed by atoms with Crippen LogP contribution in [0.15, 0.2) is 29.8 Å². The van der Waals surface area contributed by atoms with Gasteiger partial charge in [0.15, 0.2) is 0 Å². The third-order valence-corrected chi connectivity index (χ3v) is 7.61. The lowest BCUT2D eigenvalue weighted by Crippen LogP contribution is -2.14. The third-order valence-electron chi connectivity index (χ3n) is 6.33. The fourth-order valence-electron chi connectivity index (χ4n) is 4.62. The van der Waals surface area contributed by atoms with Gasteiger partial charge >= 0.3 is 5.97 Å². The second-order valence-corrected chi connectivity index (χ2v) is 9.88. The van der Waals surface area contributed by atoms with Gasteiger partial charge in [0.1, 0.15) is 16.6 Å². The molecule has 4 rings (SSSR count). The number of aryl methyl sites for hydroxylation is 4. The molecule has 7 heteroatoms. The minimum Gasteiger partial charge on any atom is -0.478 e. The van der Waals surface area contributed by atoms with E-state index < -0.39 is 11.9 Å². The van der Waals surface area contributed by atoms with Crippen LogP contribution < -0.4 is 5.32 Å². The number of nitrogens with one attached hydrogen (secondary N) is 1. The Morgan fingerprint density at radius 3 is 2.56 bits per heavy atom. The van der Waals surface area contributed by atoms with Crippen molar-refractivity contribution >= 4 is 35.0 Å². The van der Waals surface area contributed by atoms with Crippen molar-refractivity contribution in [1.82, 2.24) is 4.57 Å². The minimum atomic E-state index is -0.912. The van der Waals surface area contributed by atoms with Crippen LogP contribution in [0.5, 0.6) is 0 Å². The number of hydrogen-bond donors (Lipinski definition) is 2. The van der Waals surface area contributed by atoms with E-state index in [4.69, 9.17) is 0 Å². The highest BCUT2D eigenvalue weighted by atomic mass is 32.1.